The minimum absolute atomic E-state index is 0.376. The number of alkyl halides is 5. The van der Waals surface area contributed by atoms with Crippen LogP contribution in [0.4, 0.5) is 42.4 Å². The van der Waals surface area contributed by atoms with Crippen LogP contribution in [0.15, 0.2) is 29.6 Å². The number of benzene rings is 1. The van der Waals surface area contributed by atoms with Gasteiger partial charge in [-0.25, -0.2) is 27.5 Å². The van der Waals surface area contributed by atoms with Gasteiger partial charge >= 0.3 is 6.18 Å². The van der Waals surface area contributed by atoms with Gasteiger partial charge in [-0.2, -0.15) is 18.3 Å². The zero-order chi connectivity index (χ0) is 25.1. The summed E-state index contributed by atoms with van der Waals surface area (Å²) in [6.07, 6.45) is -2.88. The predicted octanol–water partition coefficient (Wildman–Crippen LogP) is 3.78. The quantitative estimate of drug-likeness (QED) is 0.311. The molecule has 1 fully saturated rings. The van der Waals surface area contributed by atoms with E-state index in [0.717, 1.165) is 23.4 Å². The van der Waals surface area contributed by atoms with Gasteiger partial charge in [0.2, 0.25) is 5.95 Å². The zero-order valence-electron chi connectivity index (χ0n) is 17.0. The monoisotopic (exact) mass is 491 g/mol. The average molecular weight is 491 g/mol. The molecule has 0 spiro atoms. The van der Waals surface area contributed by atoms with Crippen molar-refractivity contribution in [3.8, 4) is 0 Å². The van der Waals surface area contributed by atoms with E-state index in [1.165, 1.54) is 0 Å². The number of rotatable bonds is 7. The number of amides is 1. The molecular weight excluding hydrogens is 475 g/mol. The molecule has 0 radical (unpaired) electrons. The highest BCUT2D eigenvalue weighted by atomic mass is 19.4. The minimum atomic E-state index is -4.68. The van der Waals surface area contributed by atoms with E-state index in [2.05, 4.69) is 25.8 Å². The lowest BCUT2D eigenvalue weighted by Crippen LogP contribution is -2.47. The summed E-state index contributed by atoms with van der Waals surface area (Å²) in [5.41, 5.74) is -0.258. The number of carbonyl (C=O) groups is 1. The molecule has 1 aromatic carbocycles. The predicted molar refractivity (Wildman–Crippen MR) is 107 cm³/mol. The van der Waals surface area contributed by atoms with Crippen LogP contribution < -0.4 is 10.7 Å². The van der Waals surface area contributed by atoms with Gasteiger partial charge in [0, 0.05) is 38.1 Å². The van der Waals surface area contributed by atoms with Crippen LogP contribution in [0.3, 0.4) is 0 Å². The lowest BCUT2D eigenvalue weighted by atomic mass is 10.1. The summed E-state index contributed by atoms with van der Waals surface area (Å²) in [6, 6.07) is -0.258. The highest BCUT2D eigenvalue weighted by Gasteiger charge is 2.51. The molecule has 8 nitrogen and oxygen atoms in total. The molecule has 1 unspecified atom stereocenters. The Hall–Kier alpha value is -3.78. The highest BCUT2D eigenvalue weighted by Crippen LogP contribution is 2.36. The Bertz CT molecular complexity index is 1090. The average Bonchev–Trinajstić information content (AvgIpc) is 3.08. The van der Waals surface area contributed by atoms with Crippen LogP contribution in [-0.2, 0) is 6.18 Å². The van der Waals surface area contributed by atoms with Crippen molar-refractivity contribution in [2.45, 2.75) is 24.6 Å². The van der Waals surface area contributed by atoms with E-state index in [1.54, 1.807) is 0 Å². The van der Waals surface area contributed by atoms with Crippen LogP contribution in [0.1, 0.15) is 22.3 Å². The third-order valence-corrected chi connectivity index (χ3v) is 4.89. The Labute approximate surface area is 187 Å². The van der Waals surface area contributed by atoms with E-state index < -0.39 is 72.0 Å². The van der Waals surface area contributed by atoms with Gasteiger partial charge in [-0.3, -0.25) is 10.2 Å². The van der Waals surface area contributed by atoms with E-state index in [1.807, 2.05) is 0 Å². The summed E-state index contributed by atoms with van der Waals surface area (Å²) in [4.78, 5) is 20.6. The molecule has 2 aromatic rings. The second-order valence-corrected chi connectivity index (χ2v) is 7.04. The lowest BCUT2D eigenvalue weighted by molar-refractivity contribution is -0.138. The van der Waals surface area contributed by atoms with Gasteiger partial charge in [-0.15, -0.1) is 0 Å². The molecule has 15 heteroatoms. The first-order chi connectivity index (χ1) is 16.0. The molecule has 1 saturated heterocycles. The molecule has 1 atom stereocenters. The van der Waals surface area contributed by atoms with Crippen LogP contribution in [-0.4, -0.2) is 58.3 Å². The van der Waals surface area contributed by atoms with Gasteiger partial charge in [0.15, 0.2) is 11.6 Å². The maximum absolute atomic E-state index is 14.5. The highest BCUT2D eigenvalue weighted by molar-refractivity contribution is 6.14. The van der Waals surface area contributed by atoms with Crippen LogP contribution in [0.25, 0.3) is 0 Å². The number of carbonyl (C=O) groups excluding carboxylic acids is 1. The number of hydrogen-bond acceptors (Lipinski definition) is 7. The summed E-state index contributed by atoms with van der Waals surface area (Å²) in [5.74, 6) is -7.65. The Morgan fingerprint density at radius 2 is 1.94 bits per heavy atom. The maximum atomic E-state index is 14.5. The second kappa shape index (κ2) is 9.61. The third kappa shape index (κ3) is 5.23. The zero-order valence-corrected chi connectivity index (χ0v) is 17.0. The van der Waals surface area contributed by atoms with Gasteiger partial charge in [-0.05, 0) is 12.1 Å². The van der Waals surface area contributed by atoms with Crippen molar-refractivity contribution >= 4 is 30.0 Å². The van der Waals surface area contributed by atoms with Gasteiger partial charge in [0.25, 0.3) is 11.8 Å². The molecule has 0 bridgehead atoms. The van der Waals surface area contributed by atoms with E-state index in [-0.39, 0.29) is 5.95 Å². The largest absolute Gasteiger partial charge is 0.419 e. The molecule has 1 aliphatic rings. The normalized spacial score (nSPS) is 17.7. The topological polar surface area (TPSA) is 106 Å². The number of hydrazone groups is 1. The van der Waals surface area contributed by atoms with Crippen molar-refractivity contribution in [3.05, 3.63) is 47.3 Å². The fourth-order valence-corrected chi connectivity index (χ4v) is 3.21. The first-order valence-corrected chi connectivity index (χ1v) is 9.53. The van der Waals surface area contributed by atoms with Gasteiger partial charge in [-0.1, -0.05) is 0 Å². The molecular formula is C19H16F7N7O. The lowest BCUT2D eigenvalue weighted by Gasteiger charge is -2.28. The molecule has 3 N–H and O–H groups in total. The first-order valence-electron chi connectivity index (χ1n) is 9.53. The molecule has 0 aliphatic carbocycles. The van der Waals surface area contributed by atoms with Crippen molar-refractivity contribution in [1.82, 2.24) is 14.9 Å². The number of likely N-dealkylation sites (tertiary alicyclic amines) is 1. The van der Waals surface area contributed by atoms with E-state index >= 15 is 0 Å². The van der Waals surface area contributed by atoms with Crippen molar-refractivity contribution in [3.63, 3.8) is 0 Å². The molecule has 1 aliphatic heterocycles. The Balaban J connectivity index is 1.83. The summed E-state index contributed by atoms with van der Waals surface area (Å²) in [5, 5.41) is 12.7. The second-order valence-electron chi connectivity index (χ2n) is 7.04. The Morgan fingerprint density at radius 3 is 2.56 bits per heavy atom. The summed E-state index contributed by atoms with van der Waals surface area (Å²) in [6.45, 7) is -1.07. The SMILES string of the molecule is N=C/C=N\Nc1c(C(=O)N2CCC(F)(F)C2CNc2ncc(C(F)(F)F)cn2)ccc(F)c1F. The van der Waals surface area contributed by atoms with Crippen LogP contribution in [0.5, 0.6) is 0 Å². The first kappa shape index (κ1) is 24.9. The van der Waals surface area contributed by atoms with Gasteiger partial charge < -0.3 is 15.6 Å². The van der Waals surface area contributed by atoms with Crippen molar-refractivity contribution < 1.29 is 35.5 Å². The number of halogens is 7. The minimum Gasteiger partial charge on any atom is -0.352 e. The van der Waals surface area contributed by atoms with Crippen molar-refractivity contribution in [2.24, 2.45) is 5.10 Å². The number of hydrogen-bond donors (Lipinski definition) is 3. The number of nitrogens with one attached hydrogen (secondary N) is 3. The standard InChI is InChI=1S/C19H16F7N7O/c20-12-2-1-11(15(14(12)21)32-31-5-4-27)16(34)33-6-3-18(22,23)13(33)9-30-17-28-7-10(8-29-17)19(24,25)26/h1-2,4-5,7-8,13,27,32H,3,6,9H2,(H,28,29,30)/b27-4?,31-5-. The molecule has 3 rings (SSSR count). The smallest absolute Gasteiger partial charge is 0.352 e. The molecule has 1 amide bonds. The summed E-state index contributed by atoms with van der Waals surface area (Å²) in [7, 11) is 0. The number of aromatic nitrogens is 2. The van der Waals surface area contributed by atoms with Crippen molar-refractivity contribution in [1.29, 1.82) is 5.41 Å². The van der Waals surface area contributed by atoms with Crippen LogP contribution in [0, 0.1) is 17.0 Å². The van der Waals surface area contributed by atoms with Crippen molar-refractivity contribution in [2.75, 3.05) is 23.8 Å². The molecule has 182 valence electrons. The van der Waals surface area contributed by atoms with Crippen LogP contribution >= 0.6 is 0 Å². The summed E-state index contributed by atoms with van der Waals surface area (Å²) < 4.78 is 94.9. The van der Waals surface area contributed by atoms with E-state index in [9.17, 15) is 35.5 Å². The fraction of sp³-hybridized carbons (Fsp3) is 0.316. The fourth-order valence-electron chi connectivity index (χ4n) is 3.21. The Kier molecular flexibility index (Phi) is 7.02. The van der Waals surface area contributed by atoms with Gasteiger partial charge in [0.1, 0.15) is 11.7 Å². The molecule has 1 aromatic heterocycles. The maximum Gasteiger partial charge on any atom is 0.419 e. The third-order valence-electron chi connectivity index (χ3n) is 4.89. The van der Waals surface area contributed by atoms with Crippen LogP contribution in [0.2, 0.25) is 0 Å². The number of nitrogens with zero attached hydrogens (tertiary/aromatic N) is 4. The van der Waals surface area contributed by atoms with E-state index in [4.69, 9.17) is 5.41 Å². The molecule has 2 heterocycles. The van der Waals surface area contributed by atoms with E-state index in [0.29, 0.717) is 18.5 Å². The number of anilines is 2. The van der Waals surface area contributed by atoms with Gasteiger partial charge in [0.05, 0.1) is 17.3 Å². The molecule has 0 saturated carbocycles. The molecule has 34 heavy (non-hydrogen) atoms. The Morgan fingerprint density at radius 1 is 1.26 bits per heavy atom. The summed E-state index contributed by atoms with van der Waals surface area (Å²) >= 11 is 0.